The minimum atomic E-state index is -0.349. The number of hydrogen-bond donors (Lipinski definition) is 2. The van der Waals surface area contributed by atoms with Gasteiger partial charge in [-0.15, -0.1) is 0 Å². The number of rotatable bonds is 21. The Morgan fingerprint density at radius 3 is 1.84 bits per heavy atom. The number of anilines is 1. The first-order valence-electron chi connectivity index (χ1n) is 19.0. The number of nitrogens with zero attached hydrogens (tertiary/aromatic N) is 1. The molecule has 1 aliphatic rings. The minimum Gasteiger partial charge on any atom is -0.493 e. The van der Waals surface area contributed by atoms with Crippen molar-refractivity contribution in [2.75, 3.05) is 54.1 Å². The minimum absolute atomic E-state index is 0.104. The fourth-order valence-electron chi connectivity index (χ4n) is 6.71. The molecule has 0 fully saturated rings. The third-order valence-electron chi connectivity index (χ3n) is 9.74. The zero-order chi connectivity index (χ0) is 39.3. The van der Waals surface area contributed by atoms with Crippen molar-refractivity contribution in [3.05, 3.63) is 90.0 Å². The van der Waals surface area contributed by atoms with Gasteiger partial charge in [-0.3, -0.25) is 4.79 Å². The van der Waals surface area contributed by atoms with Crippen molar-refractivity contribution in [2.45, 2.75) is 57.5 Å². The van der Waals surface area contributed by atoms with Gasteiger partial charge in [0.05, 0.1) is 54.3 Å². The topological polar surface area (TPSA) is 132 Å². The maximum atomic E-state index is 12.6. The van der Waals surface area contributed by atoms with Crippen molar-refractivity contribution in [3.8, 4) is 62.8 Å². The van der Waals surface area contributed by atoms with E-state index < -0.39 is 0 Å². The molecule has 0 radical (unpaired) electrons. The highest BCUT2D eigenvalue weighted by Crippen LogP contribution is 2.42. The molecule has 0 saturated heterocycles. The molecule has 56 heavy (non-hydrogen) atoms. The Hall–Kier alpha value is -6.04. The van der Waals surface area contributed by atoms with E-state index in [4.69, 9.17) is 37.7 Å². The van der Waals surface area contributed by atoms with Crippen LogP contribution in [0, 0.1) is 0 Å². The number of fused-ring (bicyclic) bond motifs is 1. The molecule has 5 aromatic rings. The van der Waals surface area contributed by atoms with Gasteiger partial charge in [0, 0.05) is 22.9 Å². The summed E-state index contributed by atoms with van der Waals surface area (Å²) < 4.78 is 45.6. The Morgan fingerprint density at radius 1 is 0.571 bits per heavy atom. The maximum Gasteiger partial charge on any atom is 0.255 e. The van der Waals surface area contributed by atoms with Gasteiger partial charge in [-0.05, 0) is 73.0 Å². The monoisotopic (exact) mass is 765 g/mol. The molecule has 4 aromatic carbocycles. The van der Waals surface area contributed by atoms with E-state index in [2.05, 4.69) is 15.8 Å². The van der Waals surface area contributed by atoms with Crippen molar-refractivity contribution >= 4 is 11.6 Å². The molecule has 1 aromatic heterocycles. The van der Waals surface area contributed by atoms with E-state index in [9.17, 15) is 4.79 Å². The summed E-state index contributed by atoms with van der Waals surface area (Å²) in [5.41, 5.74) is 4.60. The van der Waals surface area contributed by atoms with Crippen LogP contribution in [0.15, 0.2) is 83.4 Å². The number of hydrogen-bond acceptors (Lipinski definition) is 11. The molecule has 12 nitrogen and oxygen atoms in total. The standard InChI is InChI=1S/C44H51N3O9/c1-49-35-20-18-29(34-28-37(56-47-34)31-26-40(51-3)42(53-5)41(27-31)52-4)24-39(35)55-23-15-11-9-7-6-8-10-14-22-54-36-21-19-30(25-38(36)50-2)43-45-33-17-13-12-16-32(33)44(48)46-43/h12-13,16-21,24-28,43,45H,6-11,14-15,22-23H2,1-5H3,(H,46,48). The van der Waals surface area contributed by atoms with Crippen LogP contribution in [0.1, 0.15) is 73.5 Å². The molecular formula is C44H51N3O9. The summed E-state index contributed by atoms with van der Waals surface area (Å²) in [4.78, 5) is 12.6. The fourth-order valence-corrected chi connectivity index (χ4v) is 6.71. The molecule has 1 atom stereocenters. The number of carbonyl (C=O) groups excluding carboxylic acids is 1. The normalized spacial score (nSPS) is 13.2. The van der Waals surface area contributed by atoms with E-state index in [0.717, 1.165) is 60.9 Å². The number of ether oxygens (including phenoxy) is 7. The first-order chi connectivity index (χ1) is 27.5. The fraction of sp³-hybridized carbons (Fsp3) is 0.364. The molecule has 6 rings (SSSR count). The van der Waals surface area contributed by atoms with Crippen LogP contribution in [0.25, 0.3) is 22.6 Å². The molecule has 12 heteroatoms. The number of amides is 1. The number of unbranched alkanes of at least 4 members (excludes halogenated alkanes) is 7. The second-order valence-electron chi connectivity index (χ2n) is 13.4. The average Bonchev–Trinajstić information content (AvgIpc) is 3.74. The molecule has 0 saturated carbocycles. The highest BCUT2D eigenvalue weighted by molar-refractivity contribution is 6.01. The van der Waals surface area contributed by atoms with Gasteiger partial charge in [0.2, 0.25) is 5.75 Å². The molecule has 2 N–H and O–H groups in total. The molecule has 0 spiro atoms. The second-order valence-corrected chi connectivity index (χ2v) is 13.4. The van der Waals surface area contributed by atoms with Crippen LogP contribution in [0.2, 0.25) is 0 Å². The lowest BCUT2D eigenvalue weighted by Crippen LogP contribution is -2.38. The van der Waals surface area contributed by atoms with Gasteiger partial charge in [-0.1, -0.05) is 61.9 Å². The predicted octanol–water partition coefficient (Wildman–Crippen LogP) is 9.48. The summed E-state index contributed by atoms with van der Waals surface area (Å²) in [7, 11) is 7.99. The summed E-state index contributed by atoms with van der Waals surface area (Å²) in [6.07, 6.45) is 8.47. The Labute approximate surface area is 328 Å². The first kappa shape index (κ1) is 39.6. The van der Waals surface area contributed by atoms with Crippen LogP contribution >= 0.6 is 0 Å². The Bertz CT molecular complexity index is 2040. The van der Waals surface area contributed by atoms with Crippen LogP contribution in [-0.4, -0.2) is 59.8 Å². The van der Waals surface area contributed by atoms with E-state index >= 15 is 0 Å². The second kappa shape index (κ2) is 19.5. The van der Waals surface area contributed by atoms with Gasteiger partial charge in [0.25, 0.3) is 5.91 Å². The number of carbonyl (C=O) groups is 1. The largest absolute Gasteiger partial charge is 0.493 e. The van der Waals surface area contributed by atoms with Crippen molar-refractivity contribution in [2.24, 2.45) is 0 Å². The molecule has 0 bridgehead atoms. The van der Waals surface area contributed by atoms with E-state index in [1.165, 1.54) is 12.8 Å². The van der Waals surface area contributed by atoms with E-state index in [1.807, 2.05) is 78.9 Å². The molecule has 1 unspecified atom stereocenters. The quantitative estimate of drug-likeness (QED) is 0.0693. The Balaban J connectivity index is 0.878. The van der Waals surface area contributed by atoms with Gasteiger partial charge >= 0.3 is 0 Å². The Kier molecular flexibility index (Phi) is 13.8. The number of para-hydroxylation sites is 1. The smallest absolute Gasteiger partial charge is 0.255 e. The lowest BCUT2D eigenvalue weighted by Gasteiger charge is -2.28. The number of aromatic nitrogens is 1. The van der Waals surface area contributed by atoms with Gasteiger partial charge < -0.3 is 48.3 Å². The van der Waals surface area contributed by atoms with Crippen LogP contribution in [0.3, 0.4) is 0 Å². The van der Waals surface area contributed by atoms with E-state index in [0.29, 0.717) is 70.5 Å². The number of benzene rings is 4. The zero-order valence-corrected chi connectivity index (χ0v) is 32.8. The third kappa shape index (κ3) is 9.60. The van der Waals surface area contributed by atoms with E-state index in [-0.39, 0.29) is 12.1 Å². The highest BCUT2D eigenvalue weighted by Gasteiger charge is 2.25. The molecule has 2 heterocycles. The molecule has 1 amide bonds. The van der Waals surface area contributed by atoms with Crippen molar-refractivity contribution in [1.29, 1.82) is 0 Å². The lowest BCUT2D eigenvalue weighted by atomic mass is 10.1. The predicted molar refractivity (Wildman–Crippen MR) is 215 cm³/mol. The van der Waals surface area contributed by atoms with Crippen LogP contribution < -0.4 is 43.8 Å². The highest BCUT2D eigenvalue weighted by atomic mass is 16.5. The number of methoxy groups -OCH3 is 5. The van der Waals surface area contributed by atoms with Gasteiger partial charge in [0.1, 0.15) is 11.9 Å². The summed E-state index contributed by atoms with van der Waals surface area (Å²) in [6, 6.07) is 24.5. The van der Waals surface area contributed by atoms with Crippen molar-refractivity contribution < 1.29 is 42.5 Å². The van der Waals surface area contributed by atoms with Gasteiger partial charge in [-0.25, -0.2) is 0 Å². The van der Waals surface area contributed by atoms with Crippen molar-refractivity contribution in [3.63, 3.8) is 0 Å². The molecule has 0 aliphatic carbocycles. The lowest BCUT2D eigenvalue weighted by molar-refractivity contribution is 0.0935. The molecular weight excluding hydrogens is 714 g/mol. The van der Waals surface area contributed by atoms with Gasteiger partial charge in [0.15, 0.2) is 40.3 Å². The SMILES string of the molecule is COc1cc(C2NC(=O)c3ccccc3N2)ccc1OCCCCCCCCCCOc1cc(-c2cc(-c3cc(OC)c(OC)c(OC)c3)on2)ccc1OC. The summed E-state index contributed by atoms with van der Waals surface area (Å²) in [5.74, 6) is 4.70. The summed E-state index contributed by atoms with van der Waals surface area (Å²) >= 11 is 0. The first-order valence-corrected chi connectivity index (χ1v) is 19.0. The summed E-state index contributed by atoms with van der Waals surface area (Å²) in [6.45, 7) is 1.21. The number of nitrogens with one attached hydrogen (secondary N) is 2. The van der Waals surface area contributed by atoms with Crippen molar-refractivity contribution in [1.82, 2.24) is 10.5 Å². The molecule has 1 aliphatic heterocycles. The van der Waals surface area contributed by atoms with Crippen LogP contribution in [0.5, 0.6) is 40.2 Å². The molecule has 296 valence electrons. The third-order valence-corrected chi connectivity index (χ3v) is 9.74. The summed E-state index contributed by atoms with van der Waals surface area (Å²) in [5, 5.41) is 10.7. The van der Waals surface area contributed by atoms with Crippen LogP contribution in [-0.2, 0) is 0 Å². The maximum absolute atomic E-state index is 12.6. The van der Waals surface area contributed by atoms with E-state index in [1.54, 1.807) is 35.5 Å². The van der Waals surface area contributed by atoms with Gasteiger partial charge in [-0.2, -0.15) is 0 Å². The zero-order valence-electron chi connectivity index (χ0n) is 32.8. The average molecular weight is 766 g/mol. The Morgan fingerprint density at radius 2 is 1.18 bits per heavy atom. The van der Waals surface area contributed by atoms with Crippen LogP contribution in [0.4, 0.5) is 5.69 Å².